The molecule has 0 aromatic rings. The van der Waals surface area contributed by atoms with Crippen LogP contribution in [0.1, 0.15) is 12.8 Å². The van der Waals surface area contributed by atoms with Gasteiger partial charge in [0.25, 0.3) is 0 Å². The highest BCUT2D eigenvalue weighted by atomic mass is 14.9. The van der Waals surface area contributed by atoms with E-state index in [4.69, 9.17) is 11.5 Å². The van der Waals surface area contributed by atoms with Crippen molar-refractivity contribution in [1.82, 2.24) is 5.32 Å². The smallest absolute Gasteiger partial charge is 0.00341 e. The van der Waals surface area contributed by atoms with Gasteiger partial charge in [-0.2, -0.15) is 0 Å². The molecule has 3 nitrogen and oxygen atoms in total. The molecule has 0 bridgehead atoms. The molecule has 1 aliphatic heterocycles. The first-order valence-electron chi connectivity index (χ1n) is 4.49. The fraction of sp³-hybridized carbons (Fsp3) is 1.00. The molecule has 0 aromatic carbocycles. The van der Waals surface area contributed by atoms with E-state index in [0.717, 1.165) is 32.1 Å². The standard InChI is InChI=1S/C8H19N3/c9-5-8(6-10)7-1-3-11-4-2-7/h7-8,11H,1-6,9-10H2. The van der Waals surface area contributed by atoms with Crippen LogP contribution in [0, 0.1) is 11.8 Å². The molecule has 0 unspecified atom stereocenters. The van der Waals surface area contributed by atoms with Crippen molar-refractivity contribution >= 4 is 0 Å². The summed E-state index contributed by atoms with van der Waals surface area (Å²) < 4.78 is 0. The first-order valence-corrected chi connectivity index (χ1v) is 4.49. The Morgan fingerprint density at radius 3 is 2.18 bits per heavy atom. The third-order valence-electron chi connectivity index (χ3n) is 2.66. The highest BCUT2D eigenvalue weighted by Gasteiger charge is 2.20. The molecule has 0 radical (unpaired) electrons. The van der Waals surface area contributed by atoms with Crippen molar-refractivity contribution in [2.24, 2.45) is 23.3 Å². The van der Waals surface area contributed by atoms with Gasteiger partial charge in [-0.3, -0.25) is 0 Å². The lowest BCUT2D eigenvalue weighted by Gasteiger charge is -2.28. The number of hydrogen-bond donors (Lipinski definition) is 3. The van der Waals surface area contributed by atoms with Crippen LogP contribution in [0.25, 0.3) is 0 Å². The minimum absolute atomic E-state index is 0.553. The number of rotatable bonds is 3. The van der Waals surface area contributed by atoms with Gasteiger partial charge in [0.2, 0.25) is 0 Å². The van der Waals surface area contributed by atoms with Gasteiger partial charge in [-0.1, -0.05) is 0 Å². The second-order valence-corrected chi connectivity index (χ2v) is 3.32. The molecule has 1 heterocycles. The zero-order chi connectivity index (χ0) is 8.10. The lowest BCUT2D eigenvalue weighted by atomic mass is 9.85. The van der Waals surface area contributed by atoms with Gasteiger partial charge in [0.1, 0.15) is 0 Å². The molecular weight excluding hydrogens is 138 g/mol. The van der Waals surface area contributed by atoms with E-state index in [-0.39, 0.29) is 0 Å². The second kappa shape index (κ2) is 4.70. The topological polar surface area (TPSA) is 64.1 Å². The molecule has 1 fully saturated rings. The Kier molecular flexibility index (Phi) is 3.83. The van der Waals surface area contributed by atoms with Crippen molar-refractivity contribution in [3.05, 3.63) is 0 Å². The summed E-state index contributed by atoms with van der Waals surface area (Å²) in [7, 11) is 0. The van der Waals surface area contributed by atoms with Crippen LogP contribution < -0.4 is 16.8 Å². The monoisotopic (exact) mass is 157 g/mol. The largest absolute Gasteiger partial charge is 0.330 e. The summed E-state index contributed by atoms with van der Waals surface area (Å²) in [6.07, 6.45) is 2.50. The minimum Gasteiger partial charge on any atom is -0.330 e. The molecule has 0 aromatic heterocycles. The minimum atomic E-state index is 0.553. The molecule has 0 spiro atoms. The van der Waals surface area contributed by atoms with Crippen molar-refractivity contribution in [2.75, 3.05) is 26.2 Å². The average Bonchev–Trinajstić information content (AvgIpc) is 2.09. The van der Waals surface area contributed by atoms with Crippen molar-refractivity contribution in [3.8, 4) is 0 Å². The molecule has 1 rings (SSSR count). The molecule has 5 N–H and O–H groups in total. The number of hydrogen-bond acceptors (Lipinski definition) is 3. The van der Waals surface area contributed by atoms with E-state index in [1.165, 1.54) is 12.8 Å². The molecule has 0 aliphatic carbocycles. The molecule has 0 saturated carbocycles. The Bertz CT molecular complexity index is 95.5. The molecule has 1 saturated heterocycles. The second-order valence-electron chi connectivity index (χ2n) is 3.32. The summed E-state index contributed by atoms with van der Waals surface area (Å²) in [4.78, 5) is 0. The zero-order valence-corrected chi connectivity index (χ0v) is 7.05. The Hall–Kier alpha value is -0.120. The highest BCUT2D eigenvalue weighted by molar-refractivity contribution is 4.76. The van der Waals surface area contributed by atoms with Crippen LogP contribution >= 0.6 is 0 Å². The lowest BCUT2D eigenvalue weighted by molar-refractivity contribution is 0.269. The van der Waals surface area contributed by atoms with Crippen LogP contribution in [0.4, 0.5) is 0 Å². The Labute approximate surface area is 68.5 Å². The van der Waals surface area contributed by atoms with Crippen molar-refractivity contribution in [3.63, 3.8) is 0 Å². The van der Waals surface area contributed by atoms with Crippen LogP contribution in [-0.2, 0) is 0 Å². The highest BCUT2D eigenvalue weighted by Crippen LogP contribution is 2.19. The molecule has 3 heteroatoms. The maximum absolute atomic E-state index is 5.61. The van der Waals surface area contributed by atoms with Gasteiger partial charge in [0, 0.05) is 0 Å². The zero-order valence-electron chi connectivity index (χ0n) is 7.05. The number of nitrogens with one attached hydrogen (secondary N) is 1. The Morgan fingerprint density at radius 1 is 1.18 bits per heavy atom. The van der Waals surface area contributed by atoms with Gasteiger partial charge in [-0.25, -0.2) is 0 Å². The van der Waals surface area contributed by atoms with Crippen LogP contribution in [0.2, 0.25) is 0 Å². The molecule has 0 atom stereocenters. The van der Waals surface area contributed by atoms with Crippen LogP contribution in [0.3, 0.4) is 0 Å². The fourth-order valence-corrected chi connectivity index (χ4v) is 1.80. The van der Waals surface area contributed by atoms with Gasteiger partial charge in [0.05, 0.1) is 0 Å². The molecule has 11 heavy (non-hydrogen) atoms. The predicted octanol–water partition coefficient (Wildman–Crippen LogP) is -0.480. The Morgan fingerprint density at radius 2 is 1.73 bits per heavy atom. The van der Waals surface area contributed by atoms with Crippen LogP contribution in [-0.4, -0.2) is 26.2 Å². The van der Waals surface area contributed by atoms with E-state index in [9.17, 15) is 0 Å². The van der Waals surface area contributed by atoms with Crippen molar-refractivity contribution < 1.29 is 0 Å². The third kappa shape index (κ3) is 2.43. The number of piperidine rings is 1. The van der Waals surface area contributed by atoms with Gasteiger partial charge in [0.15, 0.2) is 0 Å². The molecule has 1 aliphatic rings. The van der Waals surface area contributed by atoms with Gasteiger partial charge >= 0.3 is 0 Å². The summed E-state index contributed by atoms with van der Waals surface area (Å²) in [6.45, 7) is 3.78. The summed E-state index contributed by atoms with van der Waals surface area (Å²) in [5, 5.41) is 3.34. The van der Waals surface area contributed by atoms with Crippen LogP contribution in [0.5, 0.6) is 0 Å². The average molecular weight is 157 g/mol. The maximum atomic E-state index is 5.61. The first-order chi connectivity index (χ1) is 5.38. The lowest BCUT2D eigenvalue weighted by Crippen LogP contribution is -2.37. The molecule has 66 valence electrons. The van der Waals surface area contributed by atoms with E-state index in [1.807, 2.05) is 0 Å². The van der Waals surface area contributed by atoms with Gasteiger partial charge < -0.3 is 16.8 Å². The maximum Gasteiger partial charge on any atom is -0.00341 e. The molecule has 0 amide bonds. The quantitative estimate of drug-likeness (QED) is 0.518. The van der Waals surface area contributed by atoms with Crippen LogP contribution in [0.15, 0.2) is 0 Å². The molecular formula is C8H19N3. The van der Waals surface area contributed by atoms with E-state index in [1.54, 1.807) is 0 Å². The summed E-state index contributed by atoms with van der Waals surface area (Å²) in [6, 6.07) is 0. The van der Waals surface area contributed by atoms with Gasteiger partial charge in [-0.05, 0) is 50.9 Å². The first kappa shape index (κ1) is 8.97. The summed E-state index contributed by atoms with van der Waals surface area (Å²) in [5.41, 5.74) is 11.2. The van der Waals surface area contributed by atoms with E-state index < -0.39 is 0 Å². The predicted molar refractivity (Wildman–Crippen MR) is 47.2 cm³/mol. The number of nitrogens with two attached hydrogens (primary N) is 2. The third-order valence-corrected chi connectivity index (χ3v) is 2.66. The van der Waals surface area contributed by atoms with Crippen molar-refractivity contribution in [1.29, 1.82) is 0 Å². The van der Waals surface area contributed by atoms with Crippen molar-refractivity contribution in [2.45, 2.75) is 12.8 Å². The Balaban J connectivity index is 2.30. The normalized spacial score (nSPS) is 21.0. The van der Waals surface area contributed by atoms with Gasteiger partial charge in [-0.15, -0.1) is 0 Å². The summed E-state index contributed by atoms with van der Waals surface area (Å²) >= 11 is 0. The summed E-state index contributed by atoms with van der Waals surface area (Å²) in [5.74, 6) is 1.32. The SMILES string of the molecule is NCC(CN)C1CCNCC1. The van der Waals surface area contributed by atoms with E-state index >= 15 is 0 Å². The van der Waals surface area contributed by atoms with E-state index in [0.29, 0.717) is 5.92 Å². The van der Waals surface area contributed by atoms with E-state index in [2.05, 4.69) is 5.32 Å². The fourth-order valence-electron chi connectivity index (χ4n) is 1.80.